The maximum absolute atomic E-state index is 12.3. The lowest BCUT2D eigenvalue weighted by Gasteiger charge is -2.24. The van der Waals surface area contributed by atoms with Crippen LogP contribution in [0.3, 0.4) is 0 Å². The van der Waals surface area contributed by atoms with Crippen molar-refractivity contribution in [3.05, 3.63) is 53.6 Å². The van der Waals surface area contributed by atoms with Crippen LogP contribution in [-0.4, -0.2) is 44.6 Å². The zero-order chi connectivity index (χ0) is 23.6. The van der Waals surface area contributed by atoms with Gasteiger partial charge in [-0.3, -0.25) is 4.79 Å². The van der Waals surface area contributed by atoms with Gasteiger partial charge in [-0.2, -0.15) is 11.8 Å². The molecule has 0 aliphatic heterocycles. The summed E-state index contributed by atoms with van der Waals surface area (Å²) in [5, 5.41) is 0. The highest BCUT2D eigenvalue weighted by atomic mass is 32.2. The number of carbonyl (C=O) groups excluding carboxylic acids is 2. The first-order valence-electron chi connectivity index (χ1n) is 10.1. The maximum atomic E-state index is 12.3. The van der Waals surface area contributed by atoms with Gasteiger partial charge in [-0.05, 0) is 5.56 Å². The summed E-state index contributed by atoms with van der Waals surface area (Å²) in [6.45, 7) is 3.61. The van der Waals surface area contributed by atoms with Gasteiger partial charge in [-0.1, -0.05) is 44.2 Å². The molecule has 0 spiro atoms. The van der Waals surface area contributed by atoms with Gasteiger partial charge in [0.1, 0.15) is 23.9 Å². The lowest BCUT2D eigenvalue weighted by atomic mass is 10.1. The second-order valence-corrected chi connectivity index (χ2v) is 9.23. The van der Waals surface area contributed by atoms with Crippen molar-refractivity contribution in [2.45, 2.75) is 37.4 Å². The SMILES string of the molecule is COc1cc(OC)c(CSC(C)(C)CC(=O)OCC(=O)OCc2ccccc2)c(OC)c1. The van der Waals surface area contributed by atoms with Gasteiger partial charge in [0.05, 0.1) is 27.8 Å². The van der Waals surface area contributed by atoms with Crippen molar-refractivity contribution in [3.63, 3.8) is 0 Å². The number of hydrogen-bond acceptors (Lipinski definition) is 8. The molecule has 0 aromatic heterocycles. The Hall–Kier alpha value is -2.87. The number of hydrogen-bond donors (Lipinski definition) is 0. The standard InChI is InChI=1S/C24H30O7S/c1-24(2,32-16-19-20(28-4)11-18(27-3)12-21(19)29-5)13-22(25)31-15-23(26)30-14-17-9-7-6-8-10-17/h6-12H,13-16H2,1-5H3. The summed E-state index contributed by atoms with van der Waals surface area (Å²) >= 11 is 1.56. The molecule has 0 fully saturated rings. The summed E-state index contributed by atoms with van der Waals surface area (Å²) < 4.78 is 26.0. The normalized spacial score (nSPS) is 10.9. The lowest BCUT2D eigenvalue weighted by Crippen LogP contribution is -2.24. The van der Waals surface area contributed by atoms with E-state index in [-0.39, 0.29) is 13.0 Å². The van der Waals surface area contributed by atoms with E-state index in [9.17, 15) is 9.59 Å². The van der Waals surface area contributed by atoms with E-state index in [2.05, 4.69) is 0 Å². The van der Waals surface area contributed by atoms with Gasteiger partial charge in [0.25, 0.3) is 0 Å². The minimum absolute atomic E-state index is 0.129. The molecule has 0 saturated carbocycles. The van der Waals surface area contributed by atoms with Crippen molar-refractivity contribution in [2.75, 3.05) is 27.9 Å². The van der Waals surface area contributed by atoms with Gasteiger partial charge in [0, 0.05) is 28.2 Å². The molecule has 0 radical (unpaired) electrons. The third kappa shape index (κ3) is 8.00. The lowest BCUT2D eigenvalue weighted by molar-refractivity contribution is -0.159. The first-order valence-corrected chi connectivity index (χ1v) is 11.0. The first-order chi connectivity index (χ1) is 15.3. The fraction of sp³-hybridized carbons (Fsp3) is 0.417. The van der Waals surface area contributed by atoms with E-state index >= 15 is 0 Å². The Labute approximate surface area is 193 Å². The minimum atomic E-state index is -0.583. The fourth-order valence-corrected chi connectivity index (χ4v) is 3.90. The van der Waals surface area contributed by atoms with Gasteiger partial charge >= 0.3 is 11.9 Å². The predicted molar refractivity (Wildman–Crippen MR) is 123 cm³/mol. The Balaban J connectivity index is 1.85. The molecule has 2 aromatic carbocycles. The van der Waals surface area contributed by atoms with Crippen LogP contribution in [0.2, 0.25) is 0 Å². The van der Waals surface area contributed by atoms with Crippen molar-refractivity contribution in [1.82, 2.24) is 0 Å². The van der Waals surface area contributed by atoms with Gasteiger partial charge in [-0.15, -0.1) is 0 Å². The third-order valence-electron chi connectivity index (χ3n) is 4.59. The average molecular weight is 463 g/mol. The number of esters is 2. The van der Waals surface area contributed by atoms with Crippen LogP contribution in [-0.2, 0) is 31.4 Å². The predicted octanol–water partition coefficient (Wildman–Crippen LogP) is 4.40. The maximum Gasteiger partial charge on any atom is 0.344 e. The molecule has 0 heterocycles. The molecule has 8 heteroatoms. The third-order valence-corrected chi connectivity index (χ3v) is 5.95. The van der Waals surface area contributed by atoms with Crippen LogP contribution in [0.1, 0.15) is 31.4 Å². The zero-order valence-corrected chi connectivity index (χ0v) is 20.0. The molecular formula is C24H30O7S. The molecule has 7 nitrogen and oxygen atoms in total. The molecule has 0 aliphatic carbocycles. The Morgan fingerprint density at radius 2 is 1.50 bits per heavy atom. The number of carbonyl (C=O) groups is 2. The highest BCUT2D eigenvalue weighted by molar-refractivity contribution is 7.99. The molecule has 0 bridgehead atoms. The molecule has 0 unspecified atom stereocenters. The Morgan fingerprint density at radius 3 is 2.06 bits per heavy atom. The molecule has 2 aromatic rings. The van der Waals surface area contributed by atoms with Gasteiger partial charge in [-0.25, -0.2) is 4.79 Å². The van der Waals surface area contributed by atoms with Gasteiger partial charge < -0.3 is 23.7 Å². The van der Waals surface area contributed by atoms with Crippen LogP contribution in [0.4, 0.5) is 0 Å². The van der Waals surface area contributed by atoms with Crippen molar-refractivity contribution in [3.8, 4) is 17.2 Å². The highest BCUT2D eigenvalue weighted by Gasteiger charge is 2.26. The summed E-state index contributed by atoms with van der Waals surface area (Å²) in [5.74, 6) is 1.43. The van der Waals surface area contributed by atoms with E-state index in [1.807, 2.05) is 44.2 Å². The minimum Gasteiger partial charge on any atom is -0.496 e. The van der Waals surface area contributed by atoms with Crippen LogP contribution >= 0.6 is 11.8 Å². The van der Waals surface area contributed by atoms with Crippen LogP contribution < -0.4 is 14.2 Å². The summed E-state index contributed by atoms with van der Waals surface area (Å²) in [5.41, 5.74) is 1.74. The molecular weight excluding hydrogens is 432 g/mol. The Kier molecular flexibility index (Phi) is 9.71. The van der Waals surface area contributed by atoms with Crippen molar-refractivity contribution in [1.29, 1.82) is 0 Å². The van der Waals surface area contributed by atoms with E-state index in [1.54, 1.807) is 45.2 Å². The summed E-state index contributed by atoms with van der Waals surface area (Å²) in [6.07, 6.45) is 0.129. The second kappa shape index (κ2) is 12.2. The zero-order valence-electron chi connectivity index (χ0n) is 19.1. The highest BCUT2D eigenvalue weighted by Crippen LogP contribution is 2.40. The Morgan fingerprint density at radius 1 is 0.875 bits per heavy atom. The molecule has 0 aliphatic rings. The molecule has 0 amide bonds. The summed E-state index contributed by atoms with van der Waals surface area (Å²) in [4.78, 5) is 24.1. The smallest absolute Gasteiger partial charge is 0.344 e. The monoisotopic (exact) mass is 462 g/mol. The number of ether oxygens (including phenoxy) is 5. The number of methoxy groups -OCH3 is 3. The van der Waals surface area contributed by atoms with Crippen molar-refractivity contribution in [2.24, 2.45) is 0 Å². The number of thioether (sulfide) groups is 1. The molecule has 0 saturated heterocycles. The average Bonchev–Trinajstić information content (AvgIpc) is 2.79. The van der Waals surface area contributed by atoms with E-state index in [0.29, 0.717) is 23.0 Å². The molecule has 0 N–H and O–H groups in total. The van der Waals surface area contributed by atoms with E-state index in [0.717, 1.165) is 11.1 Å². The quantitative estimate of drug-likeness (QED) is 0.430. The van der Waals surface area contributed by atoms with E-state index < -0.39 is 23.3 Å². The van der Waals surface area contributed by atoms with Crippen LogP contribution in [0.25, 0.3) is 0 Å². The number of rotatable bonds is 12. The molecule has 32 heavy (non-hydrogen) atoms. The first kappa shape index (κ1) is 25.4. The topological polar surface area (TPSA) is 80.3 Å². The summed E-state index contributed by atoms with van der Waals surface area (Å²) in [7, 11) is 4.75. The largest absolute Gasteiger partial charge is 0.496 e. The van der Waals surface area contributed by atoms with Crippen molar-refractivity contribution < 1.29 is 33.3 Å². The van der Waals surface area contributed by atoms with Gasteiger partial charge in [0.15, 0.2) is 6.61 Å². The number of benzene rings is 2. The van der Waals surface area contributed by atoms with E-state index in [1.165, 1.54) is 0 Å². The Bertz CT molecular complexity index is 871. The van der Waals surface area contributed by atoms with Crippen molar-refractivity contribution >= 4 is 23.7 Å². The van der Waals surface area contributed by atoms with Crippen LogP contribution in [0.5, 0.6) is 17.2 Å². The second-order valence-electron chi connectivity index (χ2n) is 7.54. The molecule has 0 atom stereocenters. The van der Waals surface area contributed by atoms with Crippen LogP contribution in [0, 0.1) is 0 Å². The van der Waals surface area contributed by atoms with Crippen LogP contribution in [0.15, 0.2) is 42.5 Å². The molecule has 2 rings (SSSR count). The summed E-state index contributed by atoms with van der Waals surface area (Å²) in [6, 6.07) is 12.9. The molecule has 174 valence electrons. The fourth-order valence-electron chi connectivity index (χ4n) is 2.86. The van der Waals surface area contributed by atoms with Gasteiger partial charge in [0.2, 0.25) is 0 Å². The van der Waals surface area contributed by atoms with E-state index in [4.69, 9.17) is 23.7 Å².